The van der Waals surface area contributed by atoms with E-state index in [0.717, 1.165) is 0 Å². The van der Waals surface area contributed by atoms with Crippen LogP contribution in [-0.2, 0) is 14.2 Å². The Balaban J connectivity index is -0.000000108. The maximum Gasteiger partial charge on any atom is 3.00 e. The summed E-state index contributed by atoms with van der Waals surface area (Å²) in [6.07, 6.45) is 0. The molecule has 0 rings (SSSR count). The van der Waals surface area contributed by atoms with Crippen LogP contribution in [0.25, 0.3) is 0 Å². The van der Waals surface area contributed by atoms with Gasteiger partial charge in [0, 0.05) is 41.2 Å². The van der Waals surface area contributed by atoms with Gasteiger partial charge in [-0.15, -0.1) is 0 Å². The van der Waals surface area contributed by atoms with Gasteiger partial charge in [-0.3, -0.25) is 0 Å². The second-order valence-corrected chi connectivity index (χ2v) is 6.58. The summed E-state index contributed by atoms with van der Waals surface area (Å²) in [5, 5.41) is 31.7. The first kappa shape index (κ1) is 30.9. The maximum absolute atomic E-state index is 10.6. The Morgan fingerprint density at radius 1 is 0.545 bits per heavy atom. The normalized spacial score (nSPS) is 11.5. The van der Waals surface area contributed by atoms with Crippen LogP contribution in [0.15, 0.2) is 0 Å². The molecule has 0 fully saturated rings. The van der Waals surface area contributed by atoms with Crippen LogP contribution < -0.4 is 15.3 Å². The summed E-state index contributed by atoms with van der Waals surface area (Å²) in [5.74, 6) is 0. The van der Waals surface area contributed by atoms with Crippen LogP contribution in [0.1, 0.15) is 41.5 Å². The van der Waals surface area contributed by atoms with Crippen molar-refractivity contribution in [2.45, 2.75) is 58.3 Å². The number of methoxy groups -OCH3 is 3. The number of hydrogen-bond acceptors (Lipinski definition) is 6. The molecule has 0 spiro atoms. The molecule has 0 bridgehead atoms. The quantitative estimate of drug-likeness (QED) is 0.532. The fraction of sp³-hybridized carbons (Fsp3) is 1.00. The van der Waals surface area contributed by atoms with Gasteiger partial charge in [-0.2, -0.15) is 0 Å². The van der Waals surface area contributed by atoms with Gasteiger partial charge in [0.05, 0.1) is 0 Å². The van der Waals surface area contributed by atoms with Crippen LogP contribution in [0.5, 0.6) is 0 Å². The monoisotopic (exact) mass is 450 g/mol. The molecular formula is C15H33O6Pr. The predicted molar refractivity (Wildman–Crippen MR) is 77.9 cm³/mol. The van der Waals surface area contributed by atoms with E-state index in [9.17, 15) is 15.3 Å². The number of rotatable bonds is 6. The van der Waals surface area contributed by atoms with Crippen LogP contribution in [0.3, 0.4) is 0 Å². The summed E-state index contributed by atoms with van der Waals surface area (Å²) in [4.78, 5) is 0. The molecule has 0 aliphatic carbocycles. The van der Waals surface area contributed by atoms with Gasteiger partial charge in [-0.25, -0.2) is 0 Å². The van der Waals surface area contributed by atoms with Gasteiger partial charge in [0.15, 0.2) is 0 Å². The van der Waals surface area contributed by atoms with Gasteiger partial charge in [0.25, 0.3) is 0 Å². The molecule has 0 heterocycles. The summed E-state index contributed by atoms with van der Waals surface area (Å²) >= 11 is 0. The van der Waals surface area contributed by atoms with Crippen molar-refractivity contribution in [1.29, 1.82) is 0 Å². The fourth-order valence-electron chi connectivity index (χ4n) is 1.04. The molecule has 0 amide bonds. The minimum atomic E-state index is -0.922. The third-order valence-electron chi connectivity index (χ3n) is 1.48. The molecule has 0 saturated carbocycles. The molecule has 7 heteroatoms. The van der Waals surface area contributed by atoms with E-state index < -0.39 is 16.8 Å². The molecular weight excluding hydrogens is 417 g/mol. The Bertz CT molecular complexity index is 178. The Kier molecular flexibility index (Phi) is 22.0. The zero-order valence-corrected chi connectivity index (χ0v) is 19.4. The minimum Gasteiger partial charge on any atom is -0.848 e. The largest absolute Gasteiger partial charge is 3.00 e. The number of ether oxygens (including phenoxy) is 3. The summed E-state index contributed by atoms with van der Waals surface area (Å²) in [7, 11) is 4.58. The molecule has 0 aromatic rings. The first-order chi connectivity index (χ1) is 9.18. The van der Waals surface area contributed by atoms with Crippen molar-refractivity contribution in [3.63, 3.8) is 0 Å². The summed E-state index contributed by atoms with van der Waals surface area (Å²) in [6, 6.07) is 0. The summed E-state index contributed by atoms with van der Waals surface area (Å²) in [6.45, 7) is 10.4. The van der Waals surface area contributed by atoms with Crippen molar-refractivity contribution in [1.82, 2.24) is 0 Å². The van der Waals surface area contributed by atoms with Crippen molar-refractivity contribution in [2.75, 3.05) is 41.2 Å². The van der Waals surface area contributed by atoms with E-state index in [1.807, 2.05) is 0 Å². The molecule has 0 aromatic carbocycles. The Labute approximate surface area is 169 Å². The second-order valence-electron chi connectivity index (χ2n) is 6.58. The van der Waals surface area contributed by atoms with E-state index in [4.69, 9.17) is 0 Å². The molecule has 0 unspecified atom stereocenters. The molecule has 0 saturated heterocycles. The van der Waals surface area contributed by atoms with E-state index in [-0.39, 0.29) is 61.1 Å². The Morgan fingerprint density at radius 3 is 0.682 bits per heavy atom. The summed E-state index contributed by atoms with van der Waals surface area (Å²) in [5.41, 5.74) is -2.77. The molecule has 0 aliphatic heterocycles. The molecule has 0 aromatic heterocycles. The Morgan fingerprint density at radius 2 is 0.682 bits per heavy atom. The molecule has 0 atom stereocenters. The average Bonchev–Trinajstić information content (AvgIpc) is 2.12. The van der Waals surface area contributed by atoms with E-state index in [0.29, 0.717) is 0 Å². The van der Waals surface area contributed by atoms with Crippen molar-refractivity contribution in [2.24, 2.45) is 0 Å². The van der Waals surface area contributed by atoms with E-state index >= 15 is 0 Å². The van der Waals surface area contributed by atoms with Crippen LogP contribution >= 0.6 is 0 Å². The standard InChI is InChI=1S/3C5H11O2.Pr/c3*1-5(2,6)4-7-3;/h3*4H2,1-3H3;/q3*-1;+3. The topological polar surface area (TPSA) is 96.9 Å². The molecule has 0 aliphatic rings. The first-order valence-electron chi connectivity index (χ1n) is 6.76. The maximum atomic E-state index is 10.6. The average molecular weight is 450 g/mol. The molecule has 0 radical (unpaired) electrons. The van der Waals surface area contributed by atoms with Gasteiger partial charge in [0.1, 0.15) is 0 Å². The van der Waals surface area contributed by atoms with E-state index in [2.05, 4.69) is 14.2 Å². The van der Waals surface area contributed by atoms with Crippen LogP contribution in [0.4, 0.5) is 0 Å². The van der Waals surface area contributed by atoms with Crippen molar-refractivity contribution in [3.8, 4) is 0 Å². The van der Waals surface area contributed by atoms with Gasteiger partial charge in [-0.05, 0) is 0 Å². The van der Waals surface area contributed by atoms with E-state index in [1.54, 1.807) is 41.5 Å². The third kappa shape index (κ3) is 49.7. The SMILES string of the molecule is COCC(C)(C)[O-].COCC(C)(C)[O-].COCC(C)(C)[O-].[Pr+3]. The molecule has 22 heavy (non-hydrogen) atoms. The predicted octanol–water partition coefficient (Wildman–Crippen LogP) is -0.685. The van der Waals surface area contributed by atoms with Gasteiger partial charge < -0.3 is 29.5 Å². The first-order valence-corrected chi connectivity index (χ1v) is 6.76. The molecule has 0 N–H and O–H groups in total. The molecule has 132 valence electrons. The van der Waals surface area contributed by atoms with Gasteiger partial charge in [0.2, 0.25) is 0 Å². The smallest absolute Gasteiger partial charge is 0.848 e. The van der Waals surface area contributed by atoms with Gasteiger partial charge >= 0.3 is 41.3 Å². The van der Waals surface area contributed by atoms with Crippen molar-refractivity contribution in [3.05, 3.63) is 0 Å². The fourth-order valence-corrected chi connectivity index (χ4v) is 1.04. The van der Waals surface area contributed by atoms with Crippen molar-refractivity contribution >= 4 is 0 Å². The second kappa shape index (κ2) is 15.6. The van der Waals surface area contributed by atoms with Crippen LogP contribution in [0, 0.1) is 41.3 Å². The van der Waals surface area contributed by atoms with Crippen LogP contribution in [-0.4, -0.2) is 58.0 Å². The zero-order valence-electron chi connectivity index (χ0n) is 15.6. The Hall–Kier alpha value is 1.12. The number of hydrogen-bond donors (Lipinski definition) is 0. The summed E-state index contributed by atoms with van der Waals surface area (Å²) < 4.78 is 13.8. The molecule has 6 nitrogen and oxygen atoms in total. The van der Waals surface area contributed by atoms with E-state index in [1.165, 1.54) is 21.3 Å². The third-order valence-corrected chi connectivity index (χ3v) is 1.48. The minimum absolute atomic E-state index is 0. The van der Waals surface area contributed by atoms with Crippen molar-refractivity contribution < 1.29 is 70.8 Å². The van der Waals surface area contributed by atoms with Crippen LogP contribution in [0.2, 0.25) is 0 Å². The zero-order chi connectivity index (χ0) is 17.7. The van der Waals surface area contributed by atoms with Gasteiger partial charge in [-0.1, -0.05) is 58.3 Å².